The first-order valence-electron chi connectivity index (χ1n) is 7.66. The quantitative estimate of drug-likeness (QED) is 0.582. The fourth-order valence-electron chi connectivity index (χ4n) is 2.00. The lowest BCUT2D eigenvalue weighted by Gasteiger charge is -2.07. The number of anilines is 1. The monoisotopic (exact) mass is 348 g/mol. The van der Waals surface area contributed by atoms with Crippen LogP contribution in [0.2, 0.25) is 0 Å². The van der Waals surface area contributed by atoms with Crippen LogP contribution in [0.3, 0.4) is 0 Å². The van der Waals surface area contributed by atoms with Gasteiger partial charge in [-0.1, -0.05) is 36.3 Å². The number of hydrogen-bond donors (Lipinski definition) is 1. The number of nitrogens with zero attached hydrogens (tertiary/aromatic N) is 1. The number of benzene rings is 2. The van der Waals surface area contributed by atoms with Gasteiger partial charge in [-0.05, 0) is 36.2 Å². The lowest BCUT2D eigenvalue weighted by molar-refractivity contribution is -0.120. The van der Waals surface area contributed by atoms with Gasteiger partial charge in [0.25, 0.3) is 5.91 Å². The Labute approximate surface area is 144 Å². The summed E-state index contributed by atoms with van der Waals surface area (Å²) in [5, 5.41) is 6.28. The molecular formula is C18H18F2N2O3. The van der Waals surface area contributed by atoms with E-state index in [1.54, 1.807) is 30.3 Å². The van der Waals surface area contributed by atoms with Gasteiger partial charge in [0, 0.05) is 11.3 Å². The van der Waals surface area contributed by atoms with Crippen LogP contribution in [0, 0.1) is 0 Å². The van der Waals surface area contributed by atoms with Gasteiger partial charge in [0.05, 0.1) is 6.21 Å². The molecule has 0 saturated carbocycles. The van der Waals surface area contributed by atoms with Gasteiger partial charge < -0.3 is 14.9 Å². The molecule has 7 heteroatoms. The number of hydrogen-bond acceptors (Lipinski definition) is 4. The Morgan fingerprint density at radius 2 is 1.92 bits per heavy atom. The molecule has 132 valence electrons. The maximum Gasteiger partial charge on any atom is 0.387 e. The third kappa shape index (κ3) is 6.21. The third-order valence-corrected chi connectivity index (χ3v) is 3.24. The van der Waals surface area contributed by atoms with Crippen molar-refractivity contribution in [1.29, 1.82) is 0 Å². The lowest BCUT2D eigenvalue weighted by Crippen LogP contribution is -2.16. The first kappa shape index (κ1) is 18.4. The van der Waals surface area contributed by atoms with Crippen molar-refractivity contribution in [3.63, 3.8) is 0 Å². The Kier molecular flexibility index (Phi) is 6.88. The Hall–Kier alpha value is -2.96. The standard InChI is InChI=1S/C18H18F2N2O3/c1-2-13-7-9-15(10-8-13)22-17(23)12-24-21-11-14-5-3-4-6-16(14)25-18(19)20/h3-11,18H,2,12H2,1H3,(H,22,23)/b21-11-. The van der Waals surface area contributed by atoms with Crippen molar-refractivity contribution >= 4 is 17.8 Å². The van der Waals surface area contributed by atoms with E-state index in [1.165, 1.54) is 17.8 Å². The topological polar surface area (TPSA) is 59.9 Å². The number of alkyl halides is 2. The lowest BCUT2D eigenvalue weighted by atomic mass is 10.1. The Bertz CT molecular complexity index is 719. The molecule has 0 radical (unpaired) electrons. The largest absolute Gasteiger partial charge is 0.434 e. The van der Waals surface area contributed by atoms with Crippen molar-refractivity contribution in [1.82, 2.24) is 0 Å². The van der Waals surface area contributed by atoms with Gasteiger partial charge >= 0.3 is 6.61 Å². The summed E-state index contributed by atoms with van der Waals surface area (Å²) in [6.45, 7) is -1.19. The molecule has 0 unspecified atom stereocenters. The van der Waals surface area contributed by atoms with Gasteiger partial charge in [0.15, 0.2) is 6.61 Å². The van der Waals surface area contributed by atoms with Gasteiger partial charge in [0.1, 0.15) is 5.75 Å². The van der Waals surface area contributed by atoms with E-state index in [0.29, 0.717) is 11.3 Å². The summed E-state index contributed by atoms with van der Waals surface area (Å²) >= 11 is 0. The zero-order valence-corrected chi connectivity index (χ0v) is 13.6. The number of halogens is 2. The number of carbonyl (C=O) groups excluding carboxylic acids is 1. The summed E-state index contributed by atoms with van der Waals surface area (Å²) in [6.07, 6.45) is 2.13. The zero-order chi connectivity index (χ0) is 18.1. The minimum atomic E-state index is -2.93. The van der Waals surface area contributed by atoms with Gasteiger partial charge in [-0.2, -0.15) is 8.78 Å². The Morgan fingerprint density at radius 3 is 2.60 bits per heavy atom. The van der Waals surface area contributed by atoms with Crippen LogP contribution in [-0.2, 0) is 16.1 Å². The summed E-state index contributed by atoms with van der Waals surface area (Å²) in [5.74, 6) is -0.399. The van der Waals surface area contributed by atoms with Crippen LogP contribution in [0.4, 0.5) is 14.5 Å². The van der Waals surface area contributed by atoms with E-state index in [-0.39, 0.29) is 18.3 Å². The van der Waals surface area contributed by atoms with E-state index in [2.05, 4.69) is 15.2 Å². The number of amides is 1. The Morgan fingerprint density at radius 1 is 1.20 bits per heavy atom. The fraction of sp³-hybridized carbons (Fsp3) is 0.222. The number of aryl methyl sites for hydroxylation is 1. The Balaban J connectivity index is 1.83. The van der Waals surface area contributed by atoms with Gasteiger partial charge in [-0.25, -0.2) is 0 Å². The predicted molar refractivity (Wildman–Crippen MR) is 91.1 cm³/mol. The van der Waals surface area contributed by atoms with Gasteiger partial charge in [-0.15, -0.1) is 0 Å². The molecule has 5 nitrogen and oxygen atoms in total. The molecule has 0 saturated heterocycles. The first-order valence-corrected chi connectivity index (χ1v) is 7.66. The second kappa shape index (κ2) is 9.36. The van der Waals surface area contributed by atoms with Crippen LogP contribution in [0.15, 0.2) is 53.7 Å². The molecule has 1 amide bonds. The normalized spacial score (nSPS) is 10.9. The molecule has 0 aliphatic rings. The van der Waals surface area contributed by atoms with E-state index in [9.17, 15) is 13.6 Å². The average Bonchev–Trinajstić information content (AvgIpc) is 2.60. The molecule has 0 atom stereocenters. The van der Waals surface area contributed by atoms with Gasteiger partial charge in [0.2, 0.25) is 0 Å². The minimum absolute atomic E-state index is 0.0229. The second-order valence-corrected chi connectivity index (χ2v) is 5.02. The number of ether oxygens (including phenoxy) is 1. The van der Waals surface area contributed by atoms with Crippen molar-refractivity contribution in [3.05, 3.63) is 59.7 Å². The molecule has 0 fully saturated rings. The summed E-state index contributed by atoms with van der Waals surface area (Å²) in [6, 6.07) is 13.6. The zero-order valence-electron chi connectivity index (χ0n) is 13.6. The highest BCUT2D eigenvalue weighted by Crippen LogP contribution is 2.18. The minimum Gasteiger partial charge on any atom is -0.434 e. The fourth-order valence-corrected chi connectivity index (χ4v) is 2.00. The molecule has 0 spiro atoms. The third-order valence-electron chi connectivity index (χ3n) is 3.24. The number of nitrogens with one attached hydrogen (secondary N) is 1. The molecule has 2 aromatic rings. The molecule has 0 aromatic heterocycles. The molecule has 0 heterocycles. The van der Waals surface area contributed by atoms with Crippen LogP contribution < -0.4 is 10.1 Å². The van der Waals surface area contributed by atoms with Gasteiger partial charge in [-0.3, -0.25) is 4.79 Å². The predicted octanol–water partition coefficient (Wildman–Crippen LogP) is 3.84. The molecule has 1 N–H and O–H groups in total. The van der Waals surface area contributed by atoms with Crippen molar-refractivity contribution < 1.29 is 23.1 Å². The molecule has 0 aliphatic carbocycles. The average molecular weight is 348 g/mol. The molecule has 2 rings (SSSR count). The van der Waals surface area contributed by atoms with Crippen molar-refractivity contribution in [3.8, 4) is 5.75 Å². The van der Waals surface area contributed by atoms with E-state index in [4.69, 9.17) is 4.84 Å². The highest BCUT2D eigenvalue weighted by atomic mass is 19.3. The molecule has 0 aliphatic heterocycles. The van der Waals surface area contributed by atoms with E-state index in [0.717, 1.165) is 6.42 Å². The van der Waals surface area contributed by atoms with E-state index < -0.39 is 6.61 Å². The molecule has 0 bridgehead atoms. The second-order valence-electron chi connectivity index (χ2n) is 5.02. The van der Waals surface area contributed by atoms with Crippen LogP contribution in [0.5, 0.6) is 5.75 Å². The van der Waals surface area contributed by atoms with Crippen molar-refractivity contribution in [2.24, 2.45) is 5.16 Å². The van der Waals surface area contributed by atoms with Crippen molar-refractivity contribution in [2.45, 2.75) is 20.0 Å². The SMILES string of the molecule is CCc1ccc(NC(=O)CO/N=C\c2ccccc2OC(F)F)cc1. The van der Waals surface area contributed by atoms with Crippen LogP contribution in [0.1, 0.15) is 18.1 Å². The van der Waals surface area contributed by atoms with Crippen LogP contribution in [-0.4, -0.2) is 25.3 Å². The number of rotatable bonds is 8. The molecule has 25 heavy (non-hydrogen) atoms. The van der Waals surface area contributed by atoms with E-state index in [1.807, 2.05) is 19.1 Å². The number of oxime groups is 1. The highest BCUT2D eigenvalue weighted by Gasteiger charge is 2.07. The number of carbonyl (C=O) groups is 1. The highest BCUT2D eigenvalue weighted by molar-refractivity contribution is 5.91. The summed E-state index contributed by atoms with van der Waals surface area (Å²) in [5.41, 5.74) is 2.15. The summed E-state index contributed by atoms with van der Waals surface area (Å²) in [7, 11) is 0. The molecular weight excluding hydrogens is 330 g/mol. The summed E-state index contributed by atoms with van der Waals surface area (Å²) in [4.78, 5) is 16.6. The van der Waals surface area contributed by atoms with Crippen LogP contribution in [0.25, 0.3) is 0 Å². The summed E-state index contributed by atoms with van der Waals surface area (Å²) < 4.78 is 29.0. The molecule has 2 aromatic carbocycles. The smallest absolute Gasteiger partial charge is 0.387 e. The van der Waals surface area contributed by atoms with Crippen molar-refractivity contribution in [2.75, 3.05) is 11.9 Å². The number of para-hydroxylation sites is 1. The first-order chi connectivity index (χ1) is 12.1. The van der Waals surface area contributed by atoms with E-state index >= 15 is 0 Å². The maximum absolute atomic E-state index is 12.3. The maximum atomic E-state index is 12.3. The van der Waals surface area contributed by atoms with Crippen LogP contribution >= 0.6 is 0 Å².